The molecule has 1 aromatic carbocycles. The summed E-state index contributed by atoms with van der Waals surface area (Å²) in [6.07, 6.45) is 3.32. The first-order valence-electron chi connectivity index (χ1n) is 7.82. The first kappa shape index (κ1) is 19.0. The van der Waals surface area contributed by atoms with Crippen molar-refractivity contribution in [2.24, 2.45) is 0 Å². The Balaban J connectivity index is 1.95. The Morgan fingerprint density at radius 1 is 1.04 bits per heavy atom. The number of pyridine rings is 1. The molecule has 8 nitrogen and oxygen atoms in total. The fraction of sp³-hybridized carbons (Fsp3) is 0.278. The molecule has 0 bridgehead atoms. The van der Waals surface area contributed by atoms with Crippen LogP contribution in [0.3, 0.4) is 0 Å². The summed E-state index contributed by atoms with van der Waals surface area (Å²) >= 11 is 0. The summed E-state index contributed by atoms with van der Waals surface area (Å²) in [6, 6.07) is 6.67. The van der Waals surface area contributed by atoms with Crippen LogP contribution in [-0.2, 0) is 11.3 Å². The van der Waals surface area contributed by atoms with Crippen molar-refractivity contribution in [2.75, 3.05) is 27.9 Å². The maximum atomic E-state index is 12.3. The third-order valence-corrected chi connectivity index (χ3v) is 3.55. The van der Waals surface area contributed by atoms with Gasteiger partial charge in [0.15, 0.2) is 11.5 Å². The molecule has 0 atom stereocenters. The highest BCUT2D eigenvalue weighted by Gasteiger charge is 2.17. The summed E-state index contributed by atoms with van der Waals surface area (Å²) in [7, 11) is 4.41. The number of carbonyl (C=O) groups excluding carboxylic acids is 2. The minimum absolute atomic E-state index is 0.157. The van der Waals surface area contributed by atoms with E-state index in [4.69, 9.17) is 14.2 Å². The largest absolute Gasteiger partial charge is 0.493 e. The van der Waals surface area contributed by atoms with Crippen molar-refractivity contribution in [1.29, 1.82) is 0 Å². The van der Waals surface area contributed by atoms with Gasteiger partial charge in [-0.2, -0.15) is 0 Å². The van der Waals surface area contributed by atoms with Crippen LogP contribution in [-0.4, -0.2) is 44.7 Å². The van der Waals surface area contributed by atoms with Gasteiger partial charge in [0.25, 0.3) is 5.91 Å². The molecule has 0 aliphatic heterocycles. The summed E-state index contributed by atoms with van der Waals surface area (Å²) in [5.41, 5.74) is 1.16. The van der Waals surface area contributed by atoms with Gasteiger partial charge in [-0.1, -0.05) is 6.07 Å². The lowest BCUT2D eigenvalue weighted by Gasteiger charge is -2.14. The van der Waals surface area contributed by atoms with E-state index in [0.29, 0.717) is 29.4 Å². The molecule has 0 radical (unpaired) electrons. The van der Waals surface area contributed by atoms with E-state index in [9.17, 15) is 9.59 Å². The molecule has 2 aromatic rings. The van der Waals surface area contributed by atoms with Crippen LogP contribution in [0.5, 0.6) is 17.2 Å². The Kier molecular flexibility index (Phi) is 6.78. The van der Waals surface area contributed by atoms with Crippen LogP contribution in [0.4, 0.5) is 0 Å². The van der Waals surface area contributed by atoms with E-state index in [1.807, 2.05) is 6.07 Å². The van der Waals surface area contributed by atoms with Crippen molar-refractivity contribution in [2.45, 2.75) is 6.54 Å². The van der Waals surface area contributed by atoms with Gasteiger partial charge in [-0.3, -0.25) is 14.6 Å². The van der Waals surface area contributed by atoms with Gasteiger partial charge >= 0.3 is 0 Å². The van der Waals surface area contributed by atoms with E-state index in [1.165, 1.54) is 33.5 Å². The van der Waals surface area contributed by atoms with Crippen molar-refractivity contribution in [1.82, 2.24) is 15.6 Å². The van der Waals surface area contributed by atoms with Crippen molar-refractivity contribution in [3.63, 3.8) is 0 Å². The molecule has 8 heteroatoms. The summed E-state index contributed by atoms with van der Waals surface area (Å²) in [6.45, 7) is 0.183. The highest BCUT2D eigenvalue weighted by atomic mass is 16.5. The van der Waals surface area contributed by atoms with Crippen LogP contribution >= 0.6 is 0 Å². The molecule has 0 aliphatic carbocycles. The van der Waals surface area contributed by atoms with E-state index >= 15 is 0 Å². The summed E-state index contributed by atoms with van der Waals surface area (Å²) < 4.78 is 15.6. The molecule has 26 heavy (non-hydrogen) atoms. The molecule has 138 valence electrons. The number of benzene rings is 1. The first-order valence-corrected chi connectivity index (χ1v) is 7.82. The zero-order valence-corrected chi connectivity index (χ0v) is 14.9. The number of rotatable bonds is 8. The zero-order valence-electron chi connectivity index (χ0n) is 14.9. The Hall–Kier alpha value is -3.29. The quantitative estimate of drug-likeness (QED) is 0.734. The molecular weight excluding hydrogens is 338 g/mol. The monoisotopic (exact) mass is 359 g/mol. The Morgan fingerprint density at radius 3 is 2.27 bits per heavy atom. The normalized spacial score (nSPS) is 9.96. The number of hydrogen-bond donors (Lipinski definition) is 2. The van der Waals surface area contributed by atoms with Gasteiger partial charge in [0, 0.05) is 24.5 Å². The molecule has 0 aliphatic rings. The maximum Gasteiger partial charge on any atom is 0.251 e. The lowest BCUT2D eigenvalue weighted by atomic mass is 10.1. The molecule has 1 aromatic heterocycles. The lowest BCUT2D eigenvalue weighted by Crippen LogP contribution is -2.36. The Bertz CT molecular complexity index is 740. The zero-order chi connectivity index (χ0) is 18.9. The number of amides is 2. The molecular formula is C18H21N3O5. The second-order valence-corrected chi connectivity index (χ2v) is 5.23. The van der Waals surface area contributed by atoms with Gasteiger partial charge in [0.2, 0.25) is 11.7 Å². The highest BCUT2D eigenvalue weighted by molar-refractivity contribution is 5.97. The van der Waals surface area contributed by atoms with Crippen LogP contribution in [0, 0.1) is 0 Å². The second kappa shape index (κ2) is 9.26. The summed E-state index contributed by atoms with van der Waals surface area (Å²) in [5, 5.41) is 5.26. The molecule has 1 heterocycles. The highest BCUT2D eigenvalue weighted by Crippen LogP contribution is 2.38. The van der Waals surface area contributed by atoms with Crippen molar-refractivity contribution >= 4 is 11.8 Å². The second-order valence-electron chi connectivity index (χ2n) is 5.23. The van der Waals surface area contributed by atoms with Gasteiger partial charge in [-0.05, 0) is 23.8 Å². The average molecular weight is 359 g/mol. The topological polar surface area (TPSA) is 98.8 Å². The SMILES string of the molecule is COc1cc(C(=O)NCC(=O)NCc2cccnc2)cc(OC)c1OC. The van der Waals surface area contributed by atoms with Crippen molar-refractivity contribution < 1.29 is 23.8 Å². The maximum absolute atomic E-state index is 12.3. The van der Waals surface area contributed by atoms with Crippen LogP contribution < -0.4 is 24.8 Å². The predicted molar refractivity (Wildman–Crippen MR) is 94.5 cm³/mol. The molecule has 0 saturated carbocycles. The van der Waals surface area contributed by atoms with Crippen LogP contribution in [0.1, 0.15) is 15.9 Å². The minimum Gasteiger partial charge on any atom is -0.493 e. The van der Waals surface area contributed by atoms with Crippen LogP contribution in [0.2, 0.25) is 0 Å². The third-order valence-electron chi connectivity index (χ3n) is 3.55. The summed E-state index contributed by atoms with van der Waals surface area (Å²) in [4.78, 5) is 28.2. The molecule has 0 unspecified atom stereocenters. The number of hydrogen-bond acceptors (Lipinski definition) is 6. The van der Waals surface area contributed by atoms with Crippen molar-refractivity contribution in [3.05, 3.63) is 47.8 Å². The van der Waals surface area contributed by atoms with Crippen molar-refractivity contribution in [3.8, 4) is 17.2 Å². The number of carbonyl (C=O) groups is 2. The standard InChI is InChI=1S/C18H21N3O5/c1-24-14-7-13(8-15(25-2)17(14)26-3)18(23)21-11-16(22)20-10-12-5-4-6-19-9-12/h4-9H,10-11H2,1-3H3,(H,20,22)(H,21,23). The van der Waals surface area contributed by atoms with Crippen LogP contribution in [0.15, 0.2) is 36.7 Å². The van der Waals surface area contributed by atoms with Crippen LogP contribution in [0.25, 0.3) is 0 Å². The first-order chi connectivity index (χ1) is 12.6. The van der Waals surface area contributed by atoms with Gasteiger partial charge < -0.3 is 24.8 Å². The van der Waals surface area contributed by atoms with Gasteiger partial charge in [-0.15, -0.1) is 0 Å². The fourth-order valence-corrected chi connectivity index (χ4v) is 2.24. The third kappa shape index (κ3) is 4.85. The summed E-state index contributed by atoms with van der Waals surface area (Å²) in [5.74, 6) is 0.368. The number of ether oxygens (including phenoxy) is 3. The number of nitrogens with zero attached hydrogens (tertiary/aromatic N) is 1. The molecule has 2 amide bonds. The molecule has 2 rings (SSSR count). The molecule has 0 saturated heterocycles. The van der Waals surface area contributed by atoms with Gasteiger partial charge in [0.1, 0.15) is 0 Å². The number of methoxy groups -OCH3 is 3. The predicted octanol–water partition coefficient (Wildman–Crippen LogP) is 1.15. The Morgan fingerprint density at radius 2 is 1.73 bits per heavy atom. The molecule has 0 spiro atoms. The van der Waals surface area contributed by atoms with E-state index in [2.05, 4.69) is 15.6 Å². The molecule has 0 fully saturated rings. The minimum atomic E-state index is -0.430. The van der Waals surface area contributed by atoms with Gasteiger partial charge in [-0.25, -0.2) is 0 Å². The number of nitrogens with one attached hydrogen (secondary N) is 2. The van der Waals surface area contributed by atoms with Gasteiger partial charge in [0.05, 0.1) is 27.9 Å². The van der Waals surface area contributed by atoms with E-state index in [1.54, 1.807) is 18.5 Å². The van der Waals surface area contributed by atoms with E-state index in [-0.39, 0.29) is 12.5 Å². The van der Waals surface area contributed by atoms with E-state index < -0.39 is 5.91 Å². The average Bonchev–Trinajstić information content (AvgIpc) is 2.69. The lowest BCUT2D eigenvalue weighted by molar-refractivity contribution is -0.120. The number of aromatic nitrogens is 1. The van der Waals surface area contributed by atoms with E-state index in [0.717, 1.165) is 5.56 Å². The molecule has 2 N–H and O–H groups in total. The Labute approximate surface area is 151 Å². The fourth-order valence-electron chi connectivity index (χ4n) is 2.24. The smallest absolute Gasteiger partial charge is 0.251 e.